The van der Waals surface area contributed by atoms with Crippen LogP contribution < -0.4 is 10.2 Å². The fraction of sp³-hybridized carbons (Fsp3) is 0.312. The van der Waals surface area contributed by atoms with E-state index in [1.54, 1.807) is 0 Å². The first-order valence-corrected chi connectivity index (χ1v) is 7.43. The predicted octanol–water partition coefficient (Wildman–Crippen LogP) is 2.37. The maximum absolute atomic E-state index is 12.0. The van der Waals surface area contributed by atoms with Gasteiger partial charge in [-0.05, 0) is 31.0 Å². The summed E-state index contributed by atoms with van der Waals surface area (Å²) in [4.78, 5) is 24.2. The number of carbonyl (C=O) groups is 1. The lowest BCUT2D eigenvalue weighted by atomic mass is 10.2. The van der Waals surface area contributed by atoms with Gasteiger partial charge in [-0.15, -0.1) is 0 Å². The van der Waals surface area contributed by atoms with Crippen LogP contribution >= 0.6 is 0 Å². The normalized spacial score (nSPS) is 14.4. The molecule has 1 amide bonds. The molecule has 23 heavy (non-hydrogen) atoms. The molecule has 7 heteroatoms. The highest BCUT2D eigenvalue weighted by Gasteiger charge is 2.24. The quantitative estimate of drug-likeness (QED) is 0.676. The number of hydrogen-bond donors (Lipinski definition) is 1. The molecule has 1 aliphatic rings. The summed E-state index contributed by atoms with van der Waals surface area (Å²) in [6.45, 7) is 3.39. The van der Waals surface area contributed by atoms with Gasteiger partial charge >= 0.3 is 5.88 Å². The molecule has 0 bridgehead atoms. The summed E-state index contributed by atoms with van der Waals surface area (Å²) in [5, 5.41) is 13.3. The first-order chi connectivity index (χ1) is 11.1. The summed E-state index contributed by atoms with van der Waals surface area (Å²) in [6.07, 6.45) is 0.999. The van der Waals surface area contributed by atoms with Crippen molar-refractivity contribution < 1.29 is 14.1 Å². The Morgan fingerprint density at radius 1 is 1.39 bits per heavy atom. The maximum atomic E-state index is 12.0. The molecule has 1 N–H and O–H groups in total. The number of nitrogens with one attached hydrogen (secondary N) is 1. The molecule has 0 unspecified atom stereocenters. The lowest BCUT2D eigenvalue weighted by Crippen LogP contribution is -2.41. The van der Waals surface area contributed by atoms with E-state index in [1.165, 1.54) is 23.4 Å². The first kappa shape index (κ1) is 15.1. The smallest absolute Gasteiger partial charge is 0.395 e. The third kappa shape index (κ3) is 3.03. The Kier molecular flexibility index (Phi) is 4.01. The van der Waals surface area contributed by atoms with E-state index < -0.39 is 16.7 Å². The van der Waals surface area contributed by atoms with Gasteiger partial charge in [-0.2, -0.15) is 0 Å². The van der Waals surface area contributed by atoms with Crippen LogP contribution in [0.5, 0.6) is 0 Å². The van der Waals surface area contributed by atoms with Crippen LogP contribution in [0.2, 0.25) is 0 Å². The van der Waals surface area contributed by atoms with Gasteiger partial charge in [-0.3, -0.25) is 14.9 Å². The number of nitro groups is 1. The zero-order valence-electron chi connectivity index (χ0n) is 12.7. The number of benzene rings is 1. The second kappa shape index (κ2) is 6.12. The van der Waals surface area contributed by atoms with Gasteiger partial charge < -0.3 is 14.6 Å². The molecule has 0 spiro atoms. The van der Waals surface area contributed by atoms with Crippen molar-refractivity contribution in [1.82, 2.24) is 5.32 Å². The molecule has 1 aromatic carbocycles. The van der Waals surface area contributed by atoms with Crippen LogP contribution in [0.25, 0.3) is 0 Å². The number of para-hydroxylation sites is 1. The molecule has 120 valence electrons. The van der Waals surface area contributed by atoms with Gasteiger partial charge in [0.05, 0.1) is 6.07 Å². The van der Waals surface area contributed by atoms with Crippen molar-refractivity contribution in [2.75, 3.05) is 18.0 Å². The van der Waals surface area contributed by atoms with Gasteiger partial charge in [0.2, 0.25) is 0 Å². The predicted molar refractivity (Wildman–Crippen MR) is 84.6 cm³/mol. The molecule has 0 saturated heterocycles. The number of carbonyl (C=O) groups excluding carboxylic acids is 1. The average molecular weight is 315 g/mol. The van der Waals surface area contributed by atoms with Crippen LogP contribution in [-0.2, 0) is 6.42 Å². The highest BCUT2D eigenvalue weighted by molar-refractivity contribution is 5.91. The van der Waals surface area contributed by atoms with Crippen LogP contribution in [0.15, 0.2) is 40.8 Å². The summed E-state index contributed by atoms with van der Waals surface area (Å²) < 4.78 is 4.90. The summed E-state index contributed by atoms with van der Waals surface area (Å²) in [5.74, 6) is -0.931. The maximum Gasteiger partial charge on any atom is 0.433 e. The van der Waals surface area contributed by atoms with Gasteiger partial charge in [-0.1, -0.05) is 18.2 Å². The topological polar surface area (TPSA) is 88.6 Å². The number of nitrogens with zero attached hydrogens (tertiary/aromatic N) is 2. The minimum absolute atomic E-state index is 0.0503. The minimum atomic E-state index is -0.666. The molecule has 0 saturated carbocycles. The first-order valence-electron chi connectivity index (χ1n) is 7.43. The third-order valence-corrected chi connectivity index (χ3v) is 4.01. The van der Waals surface area contributed by atoms with Gasteiger partial charge in [0.1, 0.15) is 4.92 Å². The van der Waals surface area contributed by atoms with Crippen molar-refractivity contribution in [2.24, 2.45) is 0 Å². The largest absolute Gasteiger partial charge is 0.433 e. The summed E-state index contributed by atoms with van der Waals surface area (Å²) in [7, 11) is 0. The van der Waals surface area contributed by atoms with Crippen LogP contribution in [0, 0.1) is 10.1 Å². The molecular weight excluding hydrogens is 298 g/mol. The molecule has 7 nitrogen and oxygen atoms in total. The number of furan rings is 1. The van der Waals surface area contributed by atoms with E-state index in [9.17, 15) is 14.9 Å². The van der Waals surface area contributed by atoms with Crippen molar-refractivity contribution in [3.8, 4) is 0 Å². The van der Waals surface area contributed by atoms with Crippen molar-refractivity contribution in [2.45, 2.75) is 19.4 Å². The Balaban J connectivity index is 1.60. The molecule has 0 fully saturated rings. The molecule has 1 aromatic heterocycles. The molecule has 2 heterocycles. The summed E-state index contributed by atoms with van der Waals surface area (Å²) in [5.41, 5.74) is 2.51. The monoisotopic (exact) mass is 315 g/mol. The molecule has 1 atom stereocenters. The molecular formula is C16H17N3O4. The Morgan fingerprint density at radius 2 is 2.17 bits per heavy atom. The number of fused-ring (bicyclic) bond motifs is 1. The Morgan fingerprint density at radius 3 is 2.91 bits per heavy atom. The third-order valence-electron chi connectivity index (χ3n) is 4.01. The molecule has 0 aliphatic carbocycles. The number of hydrogen-bond acceptors (Lipinski definition) is 5. The highest BCUT2D eigenvalue weighted by atomic mass is 16.6. The van der Waals surface area contributed by atoms with Gasteiger partial charge in [0, 0.05) is 24.8 Å². The summed E-state index contributed by atoms with van der Waals surface area (Å²) >= 11 is 0. The van der Waals surface area contributed by atoms with Crippen molar-refractivity contribution in [1.29, 1.82) is 0 Å². The zero-order chi connectivity index (χ0) is 16.4. The summed E-state index contributed by atoms with van der Waals surface area (Å²) in [6, 6.07) is 10.8. The van der Waals surface area contributed by atoms with Crippen LogP contribution in [0.4, 0.5) is 11.6 Å². The fourth-order valence-corrected chi connectivity index (χ4v) is 2.81. The van der Waals surface area contributed by atoms with Crippen LogP contribution in [-0.4, -0.2) is 30.0 Å². The second-order valence-electron chi connectivity index (χ2n) is 5.53. The van der Waals surface area contributed by atoms with Crippen molar-refractivity contribution >= 4 is 17.5 Å². The Labute approximate surface area is 133 Å². The Bertz CT molecular complexity index is 740. The van der Waals surface area contributed by atoms with Crippen molar-refractivity contribution in [3.63, 3.8) is 0 Å². The van der Waals surface area contributed by atoms with E-state index in [0.717, 1.165) is 13.0 Å². The minimum Gasteiger partial charge on any atom is -0.395 e. The zero-order valence-corrected chi connectivity index (χ0v) is 12.7. The van der Waals surface area contributed by atoms with E-state index in [2.05, 4.69) is 22.3 Å². The van der Waals surface area contributed by atoms with Gasteiger partial charge in [0.25, 0.3) is 5.91 Å². The number of rotatable bonds is 5. The van der Waals surface area contributed by atoms with E-state index >= 15 is 0 Å². The standard InChI is InChI=1S/C16H17N3O4/c1-11(18-9-8-12-4-2-3-5-13(12)18)10-17-16(20)14-6-7-15(23-14)19(21)22/h2-7,11H,8-10H2,1H3,(H,17,20)/t11-/m1/s1. The van der Waals surface area contributed by atoms with Crippen LogP contribution in [0.1, 0.15) is 23.0 Å². The fourth-order valence-electron chi connectivity index (χ4n) is 2.81. The van der Waals surface area contributed by atoms with E-state index in [1.807, 2.05) is 19.1 Å². The van der Waals surface area contributed by atoms with Crippen molar-refractivity contribution in [3.05, 3.63) is 57.8 Å². The molecule has 3 rings (SSSR count). The highest BCUT2D eigenvalue weighted by Crippen LogP contribution is 2.28. The number of amides is 1. The van der Waals surface area contributed by atoms with Gasteiger partial charge in [0.15, 0.2) is 5.76 Å². The average Bonchev–Trinajstić information content (AvgIpc) is 3.19. The molecule has 1 aliphatic heterocycles. The van der Waals surface area contributed by atoms with E-state index in [0.29, 0.717) is 6.54 Å². The molecule has 0 radical (unpaired) electrons. The lowest BCUT2D eigenvalue weighted by Gasteiger charge is -2.27. The Hall–Kier alpha value is -2.83. The number of anilines is 1. The SMILES string of the molecule is C[C@H](CNC(=O)c1ccc([N+](=O)[O-])o1)N1CCc2ccccc21. The van der Waals surface area contributed by atoms with Crippen LogP contribution in [0.3, 0.4) is 0 Å². The second-order valence-corrected chi connectivity index (χ2v) is 5.53. The lowest BCUT2D eigenvalue weighted by molar-refractivity contribution is -0.402. The van der Waals surface area contributed by atoms with Gasteiger partial charge in [-0.25, -0.2) is 0 Å². The molecule has 2 aromatic rings. The van der Waals surface area contributed by atoms with E-state index in [-0.39, 0.29) is 11.8 Å². The van der Waals surface area contributed by atoms with E-state index in [4.69, 9.17) is 4.42 Å².